The van der Waals surface area contributed by atoms with Crippen molar-refractivity contribution in [3.8, 4) is 11.1 Å². The maximum Gasteiger partial charge on any atom is 0.407 e. The Balaban J connectivity index is 1.24. The number of carboxylic acid groups (broad SMARTS) is 1. The Bertz CT molecular complexity index is 1070. The summed E-state index contributed by atoms with van der Waals surface area (Å²) in [5.41, 5.74) is 4.43. The van der Waals surface area contributed by atoms with Crippen LogP contribution in [0.25, 0.3) is 11.1 Å². The lowest BCUT2D eigenvalue weighted by molar-refractivity contribution is -0.143. The molecule has 7 heteroatoms. The molecular formula is C28H32N2O5. The number of alkyl carbamates (subject to hydrolysis) is 1. The van der Waals surface area contributed by atoms with Gasteiger partial charge in [0.05, 0.1) is 6.42 Å². The second-order valence-corrected chi connectivity index (χ2v) is 10.2. The molecule has 0 aliphatic heterocycles. The van der Waals surface area contributed by atoms with Gasteiger partial charge < -0.3 is 20.1 Å². The third-order valence-corrected chi connectivity index (χ3v) is 8.07. The zero-order valence-corrected chi connectivity index (χ0v) is 20.0. The normalized spacial score (nSPS) is 23.2. The van der Waals surface area contributed by atoms with Crippen LogP contribution >= 0.6 is 0 Å². The highest BCUT2D eigenvalue weighted by molar-refractivity contribution is 5.89. The molecule has 2 amide bonds. The van der Waals surface area contributed by atoms with Gasteiger partial charge in [-0.25, -0.2) is 4.79 Å². The number of rotatable bonds is 7. The van der Waals surface area contributed by atoms with Gasteiger partial charge in [0.2, 0.25) is 5.91 Å². The number of aliphatic carboxylic acids is 1. The molecule has 0 spiro atoms. The first kappa shape index (κ1) is 23.4. The van der Waals surface area contributed by atoms with E-state index in [2.05, 4.69) is 17.4 Å². The number of likely N-dealkylation sites (N-methyl/N-ethyl adjacent to an activating group) is 1. The second-order valence-electron chi connectivity index (χ2n) is 10.2. The molecule has 2 N–H and O–H groups in total. The molecule has 3 unspecified atom stereocenters. The molecule has 2 aromatic carbocycles. The minimum Gasteiger partial charge on any atom is -0.481 e. The van der Waals surface area contributed by atoms with Crippen LogP contribution in [0.3, 0.4) is 0 Å². The SMILES string of the molecule is CN(C(=O)C(CC(=O)O)NC(=O)OCC1c2ccccc2-c2ccccc21)C1CC2CCC(C2)C1. The van der Waals surface area contributed by atoms with Crippen LogP contribution in [0.5, 0.6) is 0 Å². The maximum atomic E-state index is 13.2. The largest absolute Gasteiger partial charge is 0.481 e. The fraction of sp³-hybridized carbons (Fsp3) is 0.464. The number of nitrogens with one attached hydrogen (secondary N) is 1. The minimum atomic E-state index is -1.16. The highest BCUT2D eigenvalue weighted by Gasteiger charge is 2.39. The number of amides is 2. The standard InChI is InChI=1S/C28H32N2O5/c1-30(19-13-17-10-11-18(12-17)14-19)27(33)25(15-26(31)32)29-28(34)35-16-24-22-8-4-2-6-20(22)21-7-3-5-9-23(21)24/h2-9,17-19,24-25H,10-16H2,1H3,(H,29,34)(H,31,32). The van der Waals surface area contributed by atoms with E-state index in [1.807, 2.05) is 36.4 Å². The summed E-state index contributed by atoms with van der Waals surface area (Å²) in [5, 5.41) is 11.9. The lowest BCUT2D eigenvalue weighted by Crippen LogP contribution is -2.52. The highest BCUT2D eigenvalue weighted by atomic mass is 16.5. The number of hydrogen-bond acceptors (Lipinski definition) is 4. The van der Waals surface area contributed by atoms with Gasteiger partial charge in [-0.1, -0.05) is 61.4 Å². The molecule has 184 valence electrons. The van der Waals surface area contributed by atoms with Crippen LogP contribution in [0.1, 0.15) is 55.6 Å². The summed E-state index contributed by atoms with van der Waals surface area (Å²) < 4.78 is 5.56. The number of carboxylic acids is 1. The summed E-state index contributed by atoms with van der Waals surface area (Å²) in [5.74, 6) is -0.335. The molecule has 7 nitrogen and oxygen atoms in total. The quantitative estimate of drug-likeness (QED) is 0.617. The first-order valence-corrected chi connectivity index (χ1v) is 12.5. The van der Waals surface area contributed by atoms with Gasteiger partial charge in [0.15, 0.2) is 0 Å². The Morgan fingerprint density at radius 3 is 2.11 bits per heavy atom. The number of carbonyl (C=O) groups is 3. The predicted molar refractivity (Wildman–Crippen MR) is 131 cm³/mol. The van der Waals surface area contributed by atoms with Crippen molar-refractivity contribution in [1.82, 2.24) is 10.2 Å². The van der Waals surface area contributed by atoms with Gasteiger partial charge in [-0.15, -0.1) is 0 Å². The van der Waals surface area contributed by atoms with Gasteiger partial charge in [0.25, 0.3) is 0 Å². The van der Waals surface area contributed by atoms with Crippen LogP contribution in [0.15, 0.2) is 48.5 Å². The fourth-order valence-electron chi connectivity index (χ4n) is 6.37. The number of benzene rings is 2. The molecule has 3 aliphatic rings. The highest BCUT2D eigenvalue weighted by Crippen LogP contribution is 2.45. The van der Waals surface area contributed by atoms with Gasteiger partial charge in [-0.2, -0.15) is 0 Å². The third-order valence-electron chi connectivity index (χ3n) is 8.07. The topological polar surface area (TPSA) is 95.9 Å². The number of nitrogens with zero attached hydrogens (tertiary/aromatic N) is 1. The van der Waals surface area contributed by atoms with Gasteiger partial charge in [0, 0.05) is 19.0 Å². The number of hydrogen-bond donors (Lipinski definition) is 2. The maximum absolute atomic E-state index is 13.2. The Morgan fingerprint density at radius 2 is 1.54 bits per heavy atom. The zero-order valence-electron chi connectivity index (χ0n) is 20.0. The van der Waals surface area contributed by atoms with E-state index in [0.29, 0.717) is 11.8 Å². The van der Waals surface area contributed by atoms with Gasteiger partial charge in [0.1, 0.15) is 12.6 Å². The van der Waals surface area contributed by atoms with Gasteiger partial charge in [-0.05, 0) is 53.4 Å². The molecule has 2 fully saturated rings. The van der Waals surface area contributed by atoms with Crippen LogP contribution in [-0.2, 0) is 14.3 Å². The lowest BCUT2D eigenvalue weighted by atomic mass is 9.84. The Labute approximate surface area is 205 Å². The summed E-state index contributed by atoms with van der Waals surface area (Å²) in [6.07, 6.45) is 4.29. The van der Waals surface area contributed by atoms with E-state index in [1.54, 1.807) is 11.9 Å². The molecule has 35 heavy (non-hydrogen) atoms. The van der Waals surface area contributed by atoms with E-state index < -0.39 is 24.5 Å². The van der Waals surface area contributed by atoms with E-state index in [4.69, 9.17) is 4.74 Å². The average Bonchev–Trinajstić information content (AvgIpc) is 3.36. The predicted octanol–water partition coefficient (Wildman–Crippen LogP) is 4.41. The monoisotopic (exact) mass is 476 g/mol. The Hall–Kier alpha value is -3.35. The summed E-state index contributed by atoms with van der Waals surface area (Å²) in [7, 11) is 1.73. The zero-order chi connectivity index (χ0) is 24.5. The summed E-state index contributed by atoms with van der Waals surface area (Å²) >= 11 is 0. The van der Waals surface area contributed by atoms with Gasteiger partial charge in [-0.3, -0.25) is 9.59 Å². The first-order chi connectivity index (χ1) is 16.9. The van der Waals surface area contributed by atoms with Crippen molar-refractivity contribution in [1.29, 1.82) is 0 Å². The minimum absolute atomic E-state index is 0.0920. The van der Waals surface area contributed by atoms with E-state index in [1.165, 1.54) is 19.3 Å². The molecule has 5 rings (SSSR count). The van der Waals surface area contributed by atoms with Crippen molar-refractivity contribution in [3.05, 3.63) is 59.7 Å². The molecule has 0 radical (unpaired) electrons. The Kier molecular flexibility index (Phi) is 6.50. The molecule has 0 saturated heterocycles. The molecule has 2 saturated carbocycles. The van der Waals surface area contributed by atoms with Crippen molar-refractivity contribution in [2.45, 2.75) is 56.5 Å². The van der Waals surface area contributed by atoms with Crippen LogP contribution in [0.2, 0.25) is 0 Å². The Morgan fingerprint density at radius 1 is 0.971 bits per heavy atom. The van der Waals surface area contributed by atoms with Crippen LogP contribution in [0.4, 0.5) is 4.79 Å². The molecule has 2 bridgehead atoms. The van der Waals surface area contributed by atoms with Crippen molar-refractivity contribution in [3.63, 3.8) is 0 Å². The lowest BCUT2D eigenvalue weighted by Gasteiger charge is -2.36. The molecular weight excluding hydrogens is 444 g/mol. The van der Waals surface area contributed by atoms with E-state index >= 15 is 0 Å². The fourth-order valence-corrected chi connectivity index (χ4v) is 6.37. The molecule has 3 atom stereocenters. The molecule has 0 heterocycles. The molecule has 2 aromatic rings. The third kappa shape index (κ3) is 4.77. The summed E-state index contributed by atoms with van der Waals surface area (Å²) in [6, 6.07) is 15.0. The van der Waals surface area contributed by atoms with Crippen LogP contribution in [0, 0.1) is 11.8 Å². The summed E-state index contributed by atoms with van der Waals surface area (Å²) in [4.78, 5) is 39.1. The smallest absolute Gasteiger partial charge is 0.407 e. The van der Waals surface area contributed by atoms with Crippen LogP contribution < -0.4 is 5.32 Å². The number of carbonyl (C=O) groups excluding carboxylic acids is 2. The first-order valence-electron chi connectivity index (χ1n) is 12.5. The van der Waals surface area contributed by atoms with E-state index in [-0.39, 0.29) is 24.5 Å². The van der Waals surface area contributed by atoms with Crippen molar-refractivity contribution in [2.75, 3.05) is 13.7 Å². The van der Waals surface area contributed by atoms with E-state index in [0.717, 1.165) is 35.1 Å². The molecule has 3 aliphatic carbocycles. The molecule has 0 aromatic heterocycles. The van der Waals surface area contributed by atoms with Crippen molar-refractivity contribution >= 4 is 18.0 Å². The van der Waals surface area contributed by atoms with E-state index in [9.17, 15) is 19.5 Å². The summed E-state index contributed by atoms with van der Waals surface area (Å²) in [6.45, 7) is 0.107. The van der Waals surface area contributed by atoms with Gasteiger partial charge >= 0.3 is 12.1 Å². The second kappa shape index (κ2) is 9.72. The number of ether oxygens (including phenoxy) is 1. The average molecular weight is 477 g/mol. The van der Waals surface area contributed by atoms with Crippen molar-refractivity contribution in [2.24, 2.45) is 11.8 Å². The van der Waals surface area contributed by atoms with Crippen molar-refractivity contribution < 1.29 is 24.2 Å². The number of fused-ring (bicyclic) bond motifs is 5. The van der Waals surface area contributed by atoms with Crippen LogP contribution in [-0.4, -0.2) is 53.7 Å².